The van der Waals surface area contributed by atoms with Gasteiger partial charge in [-0.3, -0.25) is 10.1 Å². The molecule has 8 heteroatoms. The molecule has 8 nitrogen and oxygen atoms in total. The Morgan fingerprint density at radius 1 is 1.00 bits per heavy atom. The number of anilines is 2. The Kier molecular flexibility index (Phi) is 6.64. The Bertz CT molecular complexity index is 899. The fraction of sp³-hybridized carbons (Fsp3) is 0.478. The summed E-state index contributed by atoms with van der Waals surface area (Å²) in [6.45, 7) is 2.20. The molecule has 3 heterocycles. The number of likely N-dealkylation sites (tertiary alicyclic amines) is 1. The van der Waals surface area contributed by atoms with E-state index in [1.807, 2.05) is 40.1 Å². The number of rotatable bonds is 4. The lowest BCUT2D eigenvalue weighted by Gasteiger charge is -2.40. The molecular formula is C23H29N5O3. The summed E-state index contributed by atoms with van der Waals surface area (Å²) >= 11 is 0. The summed E-state index contributed by atoms with van der Waals surface area (Å²) < 4.78 is 0. The van der Waals surface area contributed by atoms with Crippen LogP contribution in [0.2, 0.25) is 0 Å². The first kappa shape index (κ1) is 21.1. The van der Waals surface area contributed by atoms with E-state index in [4.69, 9.17) is 0 Å². The van der Waals surface area contributed by atoms with Crippen LogP contribution in [0.5, 0.6) is 0 Å². The number of para-hydroxylation sites is 1. The molecule has 0 bridgehead atoms. The Morgan fingerprint density at radius 2 is 1.77 bits per heavy atom. The number of benzene rings is 1. The number of amides is 2. The minimum Gasteiger partial charge on any atom is -0.351 e. The van der Waals surface area contributed by atoms with Gasteiger partial charge in [0, 0.05) is 43.6 Å². The van der Waals surface area contributed by atoms with Crippen LogP contribution in [0.1, 0.15) is 38.5 Å². The van der Waals surface area contributed by atoms with Crippen LogP contribution in [0, 0.1) is 16.0 Å². The maximum atomic E-state index is 13.1. The van der Waals surface area contributed by atoms with Crippen LogP contribution in [-0.2, 0) is 0 Å². The molecule has 1 atom stereocenters. The SMILES string of the molecule is O=C(Nc1ccccc1)N1CCCCC[C@H]1C1CCN(c2ncccc2[N+](=O)[O-])CC1. The second-order valence-electron chi connectivity index (χ2n) is 8.33. The van der Waals surface area contributed by atoms with Crippen LogP contribution in [0.15, 0.2) is 48.7 Å². The molecule has 2 aromatic rings. The van der Waals surface area contributed by atoms with Gasteiger partial charge >= 0.3 is 11.7 Å². The highest BCUT2D eigenvalue weighted by Gasteiger charge is 2.35. The molecule has 31 heavy (non-hydrogen) atoms. The third kappa shape index (κ3) is 4.95. The van der Waals surface area contributed by atoms with Crippen molar-refractivity contribution in [3.63, 3.8) is 0 Å². The van der Waals surface area contributed by atoms with Crippen LogP contribution in [0.3, 0.4) is 0 Å². The van der Waals surface area contributed by atoms with Crippen LogP contribution in [0.25, 0.3) is 0 Å². The van der Waals surface area contributed by atoms with Gasteiger partial charge in [-0.1, -0.05) is 31.0 Å². The van der Waals surface area contributed by atoms with Gasteiger partial charge in [0.05, 0.1) is 4.92 Å². The van der Waals surface area contributed by atoms with E-state index in [1.165, 1.54) is 6.07 Å². The van der Waals surface area contributed by atoms with Crippen molar-refractivity contribution in [3.05, 3.63) is 58.8 Å². The molecule has 0 radical (unpaired) electrons. The minimum absolute atomic E-state index is 0.0270. The number of pyridine rings is 1. The molecule has 2 aliphatic rings. The van der Waals surface area contributed by atoms with Crippen molar-refractivity contribution in [3.8, 4) is 0 Å². The smallest absolute Gasteiger partial charge is 0.322 e. The lowest BCUT2D eigenvalue weighted by Crippen LogP contribution is -2.49. The fourth-order valence-corrected chi connectivity index (χ4v) is 4.86. The zero-order chi connectivity index (χ0) is 21.6. The second-order valence-corrected chi connectivity index (χ2v) is 8.33. The first-order valence-electron chi connectivity index (χ1n) is 11.1. The molecule has 0 unspecified atom stereocenters. The van der Waals surface area contributed by atoms with Crippen LogP contribution < -0.4 is 10.2 Å². The summed E-state index contributed by atoms with van der Waals surface area (Å²) in [7, 11) is 0. The van der Waals surface area contributed by atoms with Gasteiger partial charge in [0.2, 0.25) is 5.82 Å². The quantitative estimate of drug-likeness (QED) is 0.569. The molecule has 2 amide bonds. The van der Waals surface area contributed by atoms with E-state index >= 15 is 0 Å². The third-order valence-electron chi connectivity index (χ3n) is 6.43. The Morgan fingerprint density at radius 3 is 2.52 bits per heavy atom. The number of hydrogen-bond acceptors (Lipinski definition) is 5. The largest absolute Gasteiger partial charge is 0.351 e. The van der Waals surface area contributed by atoms with Gasteiger partial charge in [0.15, 0.2) is 0 Å². The van der Waals surface area contributed by atoms with Crippen molar-refractivity contribution in [2.24, 2.45) is 5.92 Å². The monoisotopic (exact) mass is 423 g/mol. The van der Waals surface area contributed by atoms with E-state index in [-0.39, 0.29) is 22.7 Å². The summed E-state index contributed by atoms with van der Waals surface area (Å²) in [4.78, 5) is 32.4. The molecule has 4 rings (SSSR count). The highest BCUT2D eigenvalue weighted by atomic mass is 16.6. The average Bonchev–Trinajstić information content (AvgIpc) is 3.06. The maximum absolute atomic E-state index is 13.1. The molecule has 1 N–H and O–H groups in total. The van der Waals surface area contributed by atoms with Crippen molar-refractivity contribution in [1.82, 2.24) is 9.88 Å². The van der Waals surface area contributed by atoms with Crippen LogP contribution >= 0.6 is 0 Å². The van der Waals surface area contributed by atoms with Crippen molar-refractivity contribution < 1.29 is 9.72 Å². The van der Waals surface area contributed by atoms with E-state index < -0.39 is 0 Å². The average molecular weight is 424 g/mol. The lowest BCUT2D eigenvalue weighted by atomic mass is 9.86. The van der Waals surface area contributed by atoms with Crippen LogP contribution in [-0.4, -0.2) is 46.5 Å². The highest BCUT2D eigenvalue weighted by Crippen LogP contribution is 2.34. The molecule has 2 fully saturated rings. The Hall–Kier alpha value is -3.16. The first-order valence-corrected chi connectivity index (χ1v) is 11.1. The van der Waals surface area contributed by atoms with Gasteiger partial charge in [-0.05, 0) is 49.8 Å². The minimum atomic E-state index is -0.366. The van der Waals surface area contributed by atoms with Gasteiger partial charge < -0.3 is 15.1 Å². The van der Waals surface area contributed by atoms with Gasteiger partial charge in [-0.2, -0.15) is 0 Å². The van der Waals surface area contributed by atoms with Gasteiger partial charge in [0.25, 0.3) is 0 Å². The summed E-state index contributed by atoms with van der Waals surface area (Å²) in [5.41, 5.74) is 0.868. The van der Waals surface area contributed by atoms with Gasteiger partial charge in [-0.25, -0.2) is 9.78 Å². The second kappa shape index (κ2) is 9.76. The third-order valence-corrected chi connectivity index (χ3v) is 6.43. The number of nitro groups is 1. The summed E-state index contributed by atoms with van der Waals surface area (Å²) in [6.07, 6.45) is 7.71. The lowest BCUT2D eigenvalue weighted by molar-refractivity contribution is -0.384. The number of carbonyl (C=O) groups excluding carboxylic acids is 1. The molecule has 0 saturated carbocycles. The predicted octanol–water partition coefficient (Wildman–Crippen LogP) is 4.68. The van der Waals surface area contributed by atoms with E-state index in [1.54, 1.807) is 12.3 Å². The van der Waals surface area contributed by atoms with Crippen LogP contribution in [0.4, 0.5) is 22.0 Å². The Labute approximate surface area is 182 Å². The van der Waals surface area contributed by atoms with Gasteiger partial charge in [0.1, 0.15) is 0 Å². The predicted molar refractivity (Wildman–Crippen MR) is 120 cm³/mol. The van der Waals surface area contributed by atoms with Crippen molar-refractivity contribution in [1.29, 1.82) is 0 Å². The van der Waals surface area contributed by atoms with Gasteiger partial charge in [-0.15, -0.1) is 0 Å². The number of piperidine rings is 1. The number of nitrogens with zero attached hydrogens (tertiary/aromatic N) is 4. The Balaban J connectivity index is 1.44. The molecule has 2 aliphatic heterocycles. The number of nitrogens with one attached hydrogen (secondary N) is 1. The fourth-order valence-electron chi connectivity index (χ4n) is 4.86. The molecule has 0 aliphatic carbocycles. The van der Waals surface area contributed by atoms with E-state index in [0.29, 0.717) is 24.8 Å². The summed E-state index contributed by atoms with van der Waals surface area (Å²) in [5, 5.41) is 14.4. The molecule has 1 aromatic carbocycles. The number of urea groups is 1. The normalized spacial score (nSPS) is 20.2. The standard InChI is InChI=1S/C23H29N5O3/c29-23(25-19-8-3-1-4-9-19)27-15-6-2-5-10-20(27)18-12-16-26(17-13-18)22-21(28(30)31)11-7-14-24-22/h1,3-4,7-9,11,14,18,20H,2,5-6,10,12-13,15-17H2,(H,25,29)/t20-/m0/s1. The molecular weight excluding hydrogens is 394 g/mol. The van der Waals surface area contributed by atoms with E-state index in [0.717, 1.165) is 50.8 Å². The first-order chi connectivity index (χ1) is 15.1. The highest BCUT2D eigenvalue weighted by molar-refractivity contribution is 5.89. The summed E-state index contributed by atoms with van der Waals surface area (Å²) in [6, 6.07) is 12.9. The number of hydrogen-bond donors (Lipinski definition) is 1. The number of carbonyl (C=O) groups is 1. The summed E-state index contributed by atoms with van der Waals surface area (Å²) in [5.74, 6) is 0.837. The van der Waals surface area contributed by atoms with E-state index in [2.05, 4.69) is 10.3 Å². The number of aromatic nitrogens is 1. The van der Waals surface area contributed by atoms with Crippen molar-refractivity contribution >= 4 is 23.2 Å². The molecule has 1 aromatic heterocycles. The molecule has 2 saturated heterocycles. The molecule has 0 spiro atoms. The maximum Gasteiger partial charge on any atom is 0.322 e. The van der Waals surface area contributed by atoms with Crippen molar-refractivity contribution in [2.75, 3.05) is 29.9 Å². The zero-order valence-corrected chi connectivity index (χ0v) is 17.7. The topological polar surface area (TPSA) is 91.6 Å². The molecule has 164 valence electrons. The zero-order valence-electron chi connectivity index (χ0n) is 17.7. The van der Waals surface area contributed by atoms with Crippen molar-refractivity contribution in [2.45, 2.75) is 44.6 Å². The van der Waals surface area contributed by atoms with E-state index in [9.17, 15) is 14.9 Å².